The second-order valence-electron chi connectivity index (χ2n) is 8.66. The van der Waals surface area contributed by atoms with Crippen molar-refractivity contribution in [1.29, 1.82) is 0 Å². The molecule has 4 aliphatic carbocycles. The van der Waals surface area contributed by atoms with Crippen molar-refractivity contribution in [1.82, 2.24) is 5.32 Å². The average Bonchev–Trinajstić information content (AvgIpc) is 2.56. The fraction of sp³-hybridized carbons (Fsp3) is 0.619. The third-order valence-corrected chi connectivity index (χ3v) is 6.66. The molecular formula is C21H26ClNO3. The van der Waals surface area contributed by atoms with Crippen LogP contribution in [0, 0.1) is 23.2 Å². The van der Waals surface area contributed by atoms with E-state index in [4.69, 9.17) is 16.3 Å². The van der Waals surface area contributed by atoms with E-state index in [2.05, 4.69) is 5.32 Å². The van der Waals surface area contributed by atoms with E-state index in [1.54, 1.807) is 12.1 Å². The molecule has 4 aliphatic rings. The van der Waals surface area contributed by atoms with Crippen molar-refractivity contribution >= 4 is 23.5 Å². The highest BCUT2D eigenvalue weighted by atomic mass is 35.5. The molecule has 4 fully saturated rings. The minimum atomic E-state index is -0.274. The van der Waals surface area contributed by atoms with Gasteiger partial charge in [-0.25, -0.2) is 0 Å². The Morgan fingerprint density at radius 2 is 1.77 bits per heavy atom. The molecule has 140 valence electrons. The number of hydrogen-bond acceptors (Lipinski definition) is 3. The van der Waals surface area contributed by atoms with Gasteiger partial charge in [-0.3, -0.25) is 9.59 Å². The predicted octanol–water partition coefficient (Wildman–Crippen LogP) is 4.11. The summed E-state index contributed by atoms with van der Waals surface area (Å²) in [6.45, 7) is 0.178. The first-order chi connectivity index (χ1) is 12.5. The zero-order valence-electron chi connectivity index (χ0n) is 15.0. The lowest BCUT2D eigenvalue weighted by Crippen LogP contribution is -2.47. The van der Waals surface area contributed by atoms with Crippen LogP contribution >= 0.6 is 11.6 Å². The Labute approximate surface area is 159 Å². The van der Waals surface area contributed by atoms with Crippen molar-refractivity contribution in [2.24, 2.45) is 23.2 Å². The van der Waals surface area contributed by atoms with Crippen LogP contribution in [0.4, 0.5) is 0 Å². The zero-order chi connectivity index (χ0) is 18.1. The number of benzene rings is 1. The lowest BCUT2D eigenvalue weighted by Gasteiger charge is -2.56. The van der Waals surface area contributed by atoms with E-state index < -0.39 is 0 Å². The van der Waals surface area contributed by atoms with Crippen LogP contribution in [0.15, 0.2) is 24.3 Å². The highest BCUT2D eigenvalue weighted by Gasteiger charge is 2.51. The number of esters is 1. The highest BCUT2D eigenvalue weighted by molar-refractivity contribution is 6.30. The van der Waals surface area contributed by atoms with Gasteiger partial charge in [-0.15, -0.1) is 0 Å². The summed E-state index contributed by atoms with van der Waals surface area (Å²) in [6.07, 6.45) is 8.10. The fourth-order valence-corrected chi connectivity index (χ4v) is 6.12. The molecule has 5 heteroatoms. The second kappa shape index (κ2) is 7.22. The Morgan fingerprint density at radius 3 is 2.38 bits per heavy atom. The lowest BCUT2D eigenvalue weighted by atomic mass is 9.49. The predicted molar refractivity (Wildman–Crippen MR) is 99.5 cm³/mol. The van der Waals surface area contributed by atoms with Crippen molar-refractivity contribution in [2.75, 3.05) is 6.61 Å². The standard InChI is InChI=1S/C21H26ClNO3/c22-18-3-1-2-14(7-18)12-23-19(24)13-26-20(25)11-21-8-15-4-16(9-21)6-17(5-15)10-21/h1-3,7,15-17H,4-6,8-13H2,(H,23,24). The summed E-state index contributed by atoms with van der Waals surface area (Å²) in [6, 6.07) is 7.33. The van der Waals surface area contributed by atoms with Crippen molar-refractivity contribution in [2.45, 2.75) is 51.5 Å². The first kappa shape index (κ1) is 17.8. The van der Waals surface area contributed by atoms with Crippen molar-refractivity contribution in [3.8, 4) is 0 Å². The minimum Gasteiger partial charge on any atom is -0.456 e. The van der Waals surface area contributed by atoms with E-state index in [9.17, 15) is 9.59 Å². The third kappa shape index (κ3) is 4.06. The number of halogens is 1. The van der Waals surface area contributed by atoms with Gasteiger partial charge in [-0.05, 0) is 79.4 Å². The number of rotatable bonds is 6. The normalized spacial score (nSPS) is 31.7. The van der Waals surface area contributed by atoms with Gasteiger partial charge in [0.2, 0.25) is 0 Å². The lowest BCUT2D eigenvalue weighted by molar-refractivity contribution is -0.155. The maximum absolute atomic E-state index is 12.3. The van der Waals surface area contributed by atoms with Gasteiger partial charge in [0.25, 0.3) is 5.91 Å². The molecule has 0 heterocycles. The number of carbonyl (C=O) groups excluding carboxylic acids is 2. The molecule has 5 rings (SSSR count). The number of amides is 1. The van der Waals surface area contributed by atoms with Gasteiger partial charge in [0.05, 0.1) is 6.42 Å². The van der Waals surface area contributed by atoms with Crippen molar-refractivity contribution < 1.29 is 14.3 Å². The van der Waals surface area contributed by atoms with E-state index >= 15 is 0 Å². The molecular weight excluding hydrogens is 350 g/mol. The SMILES string of the molecule is O=C(COC(=O)CC12CC3CC(CC(C3)C1)C2)NCc1cccc(Cl)c1. The monoisotopic (exact) mass is 375 g/mol. The van der Waals surface area contributed by atoms with E-state index in [-0.39, 0.29) is 23.9 Å². The molecule has 0 radical (unpaired) electrons. The molecule has 1 aromatic carbocycles. The maximum Gasteiger partial charge on any atom is 0.306 e. The summed E-state index contributed by atoms with van der Waals surface area (Å²) < 4.78 is 5.28. The molecule has 0 atom stereocenters. The second-order valence-corrected chi connectivity index (χ2v) is 9.10. The van der Waals surface area contributed by atoms with Crippen molar-refractivity contribution in [3.63, 3.8) is 0 Å². The Hall–Kier alpha value is -1.55. The Morgan fingerprint density at radius 1 is 1.12 bits per heavy atom. The van der Waals surface area contributed by atoms with Crippen LogP contribution in [0.1, 0.15) is 50.5 Å². The molecule has 0 unspecified atom stereocenters. The summed E-state index contributed by atoms with van der Waals surface area (Å²) >= 11 is 5.93. The molecule has 1 aromatic rings. The van der Waals surface area contributed by atoms with Gasteiger partial charge in [-0.2, -0.15) is 0 Å². The number of hydrogen-bond donors (Lipinski definition) is 1. The zero-order valence-corrected chi connectivity index (χ0v) is 15.8. The largest absolute Gasteiger partial charge is 0.456 e. The van der Waals surface area contributed by atoms with Gasteiger partial charge in [0.15, 0.2) is 6.61 Å². The molecule has 0 spiro atoms. The van der Waals surface area contributed by atoms with Crippen LogP contribution < -0.4 is 5.32 Å². The quantitative estimate of drug-likeness (QED) is 0.761. The summed E-state index contributed by atoms with van der Waals surface area (Å²) in [5.74, 6) is 1.95. The summed E-state index contributed by atoms with van der Waals surface area (Å²) in [4.78, 5) is 24.3. The minimum absolute atomic E-state index is 0.156. The third-order valence-electron chi connectivity index (χ3n) is 6.43. The van der Waals surface area contributed by atoms with E-state index in [1.165, 1.54) is 38.5 Å². The molecule has 1 amide bonds. The van der Waals surface area contributed by atoms with Crippen molar-refractivity contribution in [3.05, 3.63) is 34.9 Å². The first-order valence-electron chi connectivity index (χ1n) is 9.66. The van der Waals surface area contributed by atoms with Gasteiger partial charge in [-0.1, -0.05) is 23.7 Å². The summed E-state index contributed by atoms with van der Waals surface area (Å²) in [7, 11) is 0. The van der Waals surface area contributed by atoms with Gasteiger partial charge < -0.3 is 10.1 Å². The summed E-state index contributed by atoms with van der Waals surface area (Å²) in [5, 5.41) is 3.40. The van der Waals surface area contributed by atoms with Gasteiger partial charge in [0.1, 0.15) is 0 Å². The highest BCUT2D eigenvalue weighted by Crippen LogP contribution is 2.61. The van der Waals surface area contributed by atoms with Crippen LogP contribution in [0.5, 0.6) is 0 Å². The molecule has 4 bridgehead atoms. The summed E-state index contributed by atoms with van der Waals surface area (Å²) in [5.41, 5.74) is 1.08. The molecule has 4 nitrogen and oxygen atoms in total. The van der Waals surface area contributed by atoms with E-state index in [0.717, 1.165) is 23.3 Å². The number of carbonyl (C=O) groups is 2. The van der Waals surface area contributed by atoms with Gasteiger partial charge in [0, 0.05) is 11.6 Å². The topological polar surface area (TPSA) is 55.4 Å². The fourth-order valence-electron chi connectivity index (χ4n) is 5.91. The van der Waals surface area contributed by atoms with Crippen LogP contribution in [-0.4, -0.2) is 18.5 Å². The molecule has 0 aliphatic heterocycles. The van der Waals surface area contributed by atoms with E-state index in [1.807, 2.05) is 12.1 Å². The average molecular weight is 376 g/mol. The van der Waals surface area contributed by atoms with Crippen LogP contribution in [-0.2, 0) is 20.9 Å². The van der Waals surface area contributed by atoms with Gasteiger partial charge >= 0.3 is 5.97 Å². The molecule has 0 saturated heterocycles. The molecule has 26 heavy (non-hydrogen) atoms. The molecule has 1 N–H and O–H groups in total. The Kier molecular flexibility index (Phi) is 4.96. The van der Waals surface area contributed by atoms with E-state index in [0.29, 0.717) is 18.0 Å². The maximum atomic E-state index is 12.3. The number of nitrogens with one attached hydrogen (secondary N) is 1. The van der Waals surface area contributed by atoms with Crippen LogP contribution in [0.3, 0.4) is 0 Å². The molecule has 0 aromatic heterocycles. The Bertz CT molecular complexity index is 667. The Balaban J connectivity index is 1.22. The number of ether oxygens (including phenoxy) is 1. The smallest absolute Gasteiger partial charge is 0.306 e. The molecule has 4 saturated carbocycles. The first-order valence-corrected chi connectivity index (χ1v) is 10.0. The van der Waals surface area contributed by atoms with Crippen LogP contribution in [0.2, 0.25) is 5.02 Å². The van der Waals surface area contributed by atoms with Crippen LogP contribution in [0.25, 0.3) is 0 Å².